The van der Waals surface area contributed by atoms with Gasteiger partial charge in [0.25, 0.3) is 0 Å². The minimum absolute atomic E-state index is 0.154. The highest BCUT2D eigenvalue weighted by Gasteiger charge is 2.23. The average Bonchev–Trinajstić information content (AvgIpc) is 2.72. The van der Waals surface area contributed by atoms with Crippen molar-refractivity contribution < 1.29 is 22.7 Å². The maximum absolute atomic E-state index is 12.6. The fraction of sp³-hybridized carbons (Fsp3) is 0.350. The summed E-state index contributed by atoms with van der Waals surface area (Å²) >= 11 is 1.53. The van der Waals surface area contributed by atoms with Gasteiger partial charge in [0.15, 0.2) is 0 Å². The van der Waals surface area contributed by atoms with Crippen LogP contribution in [0.5, 0.6) is 11.5 Å². The van der Waals surface area contributed by atoms with Crippen LogP contribution in [0, 0.1) is 0 Å². The second-order valence-corrected chi connectivity index (χ2v) is 9.32. The summed E-state index contributed by atoms with van der Waals surface area (Å²) in [5, 5.41) is 2.75. The Morgan fingerprint density at radius 1 is 1.10 bits per heavy atom. The molecule has 0 unspecified atom stereocenters. The topological polar surface area (TPSA) is 84.9 Å². The first-order chi connectivity index (χ1) is 13.8. The Labute approximate surface area is 176 Å². The SMILES string of the molecule is COc1ccc(OC[C@H](C)NC(=O)CN(C)S(=O)(=O)c2ccc(SC)cc2)cc1. The molecular formula is C20H26N2O5S2. The van der Waals surface area contributed by atoms with Crippen LogP contribution in [0.1, 0.15) is 6.92 Å². The van der Waals surface area contributed by atoms with Gasteiger partial charge in [-0.2, -0.15) is 4.31 Å². The van der Waals surface area contributed by atoms with Gasteiger partial charge in [-0.1, -0.05) is 0 Å². The first-order valence-corrected chi connectivity index (χ1v) is 11.6. The third-order valence-electron chi connectivity index (χ3n) is 4.10. The number of carbonyl (C=O) groups excluding carboxylic acids is 1. The number of hydrogen-bond acceptors (Lipinski definition) is 6. The second-order valence-electron chi connectivity index (χ2n) is 6.39. The van der Waals surface area contributed by atoms with Crippen molar-refractivity contribution in [1.82, 2.24) is 9.62 Å². The number of amides is 1. The summed E-state index contributed by atoms with van der Waals surface area (Å²) in [7, 11) is -0.764. The Balaban J connectivity index is 1.85. The predicted molar refractivity (Wildman–Crippen MR) is 114 cm³/mol. The first-order valence-electron chi connectivity index (χ1n) is 8.93. The average molecular weight is 439 g/mol. The van der Waals surface area contributed by atoms with Crippen molar-refractivity contribution in [2.75, 3.05) is 33.6 Å². The standard InChI is InChI=1S/C20H26N2O5S2/c1-15(14-27-17-7-5-16(26-3)6-8-17)21-20(23)13-22(2)29(24,25)19-11-9-18(28-4)10-12-19/h5-12,15H,13-14H2,1-4H3,(H,21,23)/t15-/m0/s1. The molecule has 9 heteroatoms. The van der Waals surface area contributed by atoms with Gasteiger partial charge in [0.05, 0.1) is 24.6 Å². The number of methoxy groups -OCH3 is 1. The van der Waals surface area contributed by atoms with Crippen molar-refractivity contribution in [3.63, 3.8) is 0 Å². The van der Waals surface area contributed by atoms with Gasteiger partial charge in [0.2, 0.25) is 15.9 Å². The molecule has 0 bridgehead atoms. The molecule has 158 valence electrons. The molecule has 0 aliphatic rings. The van der Waals surface area contributed by atoms with Crippen molar-refractivity contribution >= 4 is 27.7 Å². The normalized spacial score (nSPS) is 12.4. The third-order valence-corrected chi connectivity index (χ3v) is 6.66. The highest BCUT2D eigenvalue weighted by molar-refractivity contribution is 7.98. The first kappa shape index (κ1) is 23.1. The molecule has 1 amide bonds. The Morgan fingerprint density at radius 3 is 2.24 bits per heavy atom. The lowest BCUT2D eigenvalue weighted by Gasteiger charge is -2.19. The molecular weight excluding hydrogens is 412 g/mol. The van der Waals surface area contributed by atoms with Crippen LogP contribution in [-0.4, -0.2) is 58.2 Å². The molecule has 1 atom stereocenters. The van der Waals surface area contributed by atoms with Crippen LogP contribution in [0.2, 0.25) is 0 Å². The maximum atomic E-state index is 12.6. The summed E-state index contributed by atoms with van der Waals surface area (Å²) in [5.74, 6) is 0.981. The quantitative estimate of drug-likeness (QED) is 0.574. The summed E-state index contributed by atoms with van der Waals surface area (Å²) in [5.41, 5.74) is 0. The van der Waals surface area contributed by atoms with E-state index < -0.39 is 15.9 Å². The van der Waals surface area contributed by atoms with Crippen LogP contribution in [-0.2, 0) is 14.8 Å². The van der Waals surface area contributed by atoms with E-state index in [-0.39, 0.29) is 24.1 Å². The van der Waals surface area contributed by atoms with Gasteiger partial charge in [0, 0.05) is 11.9 Å². The van der Waals surface area contributed by atoms with E-state index >= 15 is 0 Å². The zero-order chi connectivity index (χ0) is 21.4. The molecule has 29 heavy (non-hydrogen) atoms. The smallest absolute Gasteiger partial charge is 0.243 e. The number of sulfonamides is 1. The summed E-state index contributed by atoms with van der Waals surface area (Å²) in [6.07, 6.45) is 1.92. The molecule has 7 nitrogen and oxygen atoms in total. The molecule has 2 aromatic carbocycles. The number of nitrogens with one attached hydrogen (secondary N) is 1. The highest BCUT2D eigenvalue weighted by Crippen LogP contribution is 2.20. The van der Waals surface area contributed by atoms with E-state index in [0.717, 1.165) is 15.0 Å². The molecule has 0 aromatic heterocycles. The number of carbonyl (C=O) groups is 1. The van der Waals surface area contributed by atoms with Crippen molar-refractivity contribution in [3.8, 4) is 11.5 Å². The van der Waals surface area contributed by atoms with E-state index in [2.05, 4.69) is 5.32 Å². The van der Waals surface area contributed by atoms with Crippen molar-refractivity contribution in [3.05, 3.63) is 48.5 Å². The minimum atomic E-state index is -3.74. The van der Waals surface area contributed by atoms with Crippen LogP contribution < -0.4 is 14.8 Å². The summed E-state index contributed by atoms with van der Waals surface area (Å²) in [4.78, 5) is 13.4. The molecule has 1 N–H and O–H groups in total. The molecule has 0 spiro atoms. The van der Waals surface area contributed by atoms with E-state index in [1.54, 1.807) is 62.6 Å². The van der Waals surface area contributed by atoms with Gasteiger partial charge in [-0.25, -0.2) is 8.42 Å². The largest absolute Gasteiger partial charge is 0.497 e. The molecule has 0 radical (unpaired) electrons. The lowest BCUT2D eigenvalue weighted by atomic mass is 10.3. The maximum Gasteiger partial charge on any atom is 0.243 e. The Kier molecular flexibility index (Phi) is 8.36. The number of likely N-dealkylation sites (N-methyl/N-ethyl adjacent to an activating group) is 1. The minimum Gasteiger partial charge on any atom is -0.497 e. The number of ether oxygens (including phenoxy) is 2. The molecule has 0 aliphatic heterocycles. The monoisotopic (exact) mass is 438 g/mol. The molecule has 0 saturated heterocycles. The summed E-state index contributed by atoms with van der Waals surface area (Å²) in [6, 6.07) is 13.4. The van der Waals surface area contributed by atoms with E-state index in [1.807, 2.05) is 6.26 Å². The predicted octanol–water partition coefficient (Wildman–Crippen LogP) is 2.62. The number of hydrogen-bond donors (Lipinski definition) is 1. The van der Waals surface area contributed by atoms with Gasteiger partial charge in [-0.05, 0) is 61.7 Å². The zero-order valence-corrected chi connectivity index (χ0v) is 18.5. The highest BCUT2D eigenvalue weighted by atomic mass is 32.2. The van der Waals surface area contributed by atoms with Crippen LogP contribution in [0.15, 0.2) is 58.3 Å². The summed E-state index contributed by atoms with van der Waals surface area (Å²) in [6.45, 7) is 1.77. The molecule has 0 fully saturated rings. The molecule has 0 heterocycles. The van der Waals surface area contributed by atoms with E-state index in [9.17, 15) is 13.2 Å². The van der Waals surface area contributed by atoms with Crippen LogP contribution in [0.4, 0.5) is 0 Å². The Morgan fingerprint density at radius 2 is 1.69 bits per heavy atom. The molecule has 2 rings (SSSR count). The molecule has 0 aliphatic carbocycles. The molecule has 0 saturated carbocycles. The number of thioether (sulfide) groups is 1. The van der Waals surface area contributed by atoms with Crippen molar-refractivity contribution in [2.45, 2.75) is 22.8 Å². The Hall–Kier alpha value is -2.23. The molecule has 2 aromatic rings. The van der Waals surface area contributed by atoms with Gasteiger partial charge in [-0.15, -0.1) is 11.8 Å². The van der Waals surface area contributed by atoms with E-state index in [0.29, 0.717) is 5.75 Å². The van der Waals surface area contributed by atoms with Gasteiger partial charge in [0.1, 0.15) is 18.1 Å². The van der Waals surface area contributed by atoms with Crippen molar-refractivity contribution in [1.29, 1.82) is 0 Å². The number of rotatable bonds is 10. The van der Waals surface area contributed by atoms with E-state index in [4.69, 9.17) is 9.47 Å². The van der Waals surface area contributed by atoms with Crippen molar-refractivity contribution in [2.24, 2.45) is 0 Å². The lowest BCUT2D eigenvalue weighted by molar-refractivity contribution is -0.121. The Bertz CT molecular complexity index is 899. The van der Waals surface area contributed by atoms with Gasteiger partial charge >= 0.3 is 0 Å². The van der Waals surface area contributed by atoms with Crippen LogP contribution in [0.3, 0.4) is 0 Å². The number of nitrogens with zero attached hydrogens (tertiary/aromatic N) is 1. The second kappa shape index (κ2) is 10.5. The number of benzene rings is 2. The van der Waals surface area contributed by atoms with Crippen LogP contribution in [0.25, 0.3) is 0 Å². The lowest BCUT2D eigenvalue weighted by Crippen LogP contribution is -2.43. The van der Waals surface area contributed by atoms with E-state index in [1.165, 1.54) is 18.8 Å². The fourth-order valence-electron chi connectivity index (χ4n) is 2.47. The third kappa shape index (κ3) is 6.66. The van der Waals surface area contributed by atoms with Gasteiger partial charge in [-0.3, -0.25) is 4.79 Å². The zero-order valence-electron chi connectivity index (χ0n) is 16.9. The van der Waals surface area contributed by atoms with Crippen LogP contribution >= 0.6 is 11.8 Å². The fourth-order valence-corrected chi connectivity index (χ4v) is 4.01. The van der Waals surface area contributed by atoms with Gasteiger partial charge < -0.3 is 14.8 Å². The summed E-state index contributed by atoms with van der Waals surface area (Å²) < 4.78 is 37.0.